The highest BCUT2D eigenvalue weighted by atomic mass is 35.5. The fourth-order valence-corrected chi connectivity index (χ4v) is 3.47. The van der Waals surface area contributed by atoms with Gasteiger partial charge in [0.05, 0.1) is 34.6 Å². The van der Waals surface area contributed by atoms with E-state index in [0.29, 0.717) is 16.5 Å². The SMILES string of the molecule is COC(=O)c1cc(Oc2ccc(Cl)cc2Cl)ccc1[N+](=O)[O-].Nc1cnn(-c2ccccc2)c(=O)c1Cl. The number of methoxy groups -OCH3 is 1. The van der Waals surface area contributed by atoms with Gasteiger partial charge in [0, 0.05) is 17.2 Å². The predicted molar refractivity (Wildman–Crippen MR) is 140 cm³/mol. The number of aromatic nitrogens is 2. The number of hydrogen-bond acceptors (Lipinski definition) is 8. The summed E-state index contributed by atoms with van der Waals surface area (Å²) in [6.45, 7) is 0. The van der Waals surface area contributed by atoms with E-state index in [2.05, 4.69) is 9.84 Å². The van der Waals surface area contributed by atoms with Crippen LogP contribution in [0.3, 0.4) is 0 Å². The Bertz CT molecular complexity index is 1510. The molecule has 0 aliphatic carbocycles. The zero-order valence-corrected chi connectivity index (χ0v) is 21.2. The second-order valence-corrected chi connectivity index (χ2v) is 8.29. The summed E-state index contributed by atoms with van der Waals surface area (Å²) < 4.78 is 11.2. The Morgan fingerprint density at radius 3 is 2.38 bits per heavy atom. The number of nitrogens with zero attached hydrogens (tertiary/aromatic N) is 3. The molecule has 10 nitrogen and oxygen atoms in total. The maximum Gasteiger partial charge on any atom is 0.345 e. The Kier molecular flexibility index (Phi) is 9.07. The summed E-state index contributed by atoms with van der Waals surface area (Å²) in [4.78, 5) is 33.6. The molecule has 0 bridgehead atoms. The highest BCUT2D eigenvalue weighted by Crippen LogP contribution is 2.33. The van der Waals surface area contributed by atoms with E-state index in [-0.39, 0.29) is 32.7 Å². The normalized spacial score (nSPS) is 10.2. The van der Waals surface area contributed by atoms with Crippen LogP contribution in [-0.2, 0) is 4.74 Å². The van der Waals surface area contributed by atoms with Crippen molar-refractivity contribution in [1.29, 1.82) is 0 Å². The summed E-state index contributed by atoms with van der Waals surface area (Å²) in [7, 11) is 1.13. The van der Waals surface area contributed by atoms with Crippen LogP contribution >= 0.6 is 34.8 Å². The third-order valence-corrected chi connectivity index (χ3v) is 5.55. The second kappa shape index (κ2) is 12.2. The first-order valence-electron chi connectivity index (χ1n) is 10.2. The molecular formula is C24H17Cl3N4O6. The Morgan fingerprint density at radius 1 is 1.05 bits per heavy atom. The topological polar surface area (TPSA) is 140 Å². The number of hydrogen-bond donors (Lipinski definition) is 1. The standard InChI is InChI=1S/C14H9Cl2NO5.C10H8ClN3O/c1-21-14(18)10-7-9(3-4-12(10)17(19)20)22-13-5-2-8(15)6-11(13)16;11-9-8(12)6-13-14(10(9)15)7-4-2-1-3-5-7/h2-7H,1H3;1-6H,12H2. The van der Waals surface area contributed by atoms with Crippen molar-refractivity contribution in [2.24, 2.45) is 0 Å². The third-order valence-electron chi connectivity index (χ3n) is 4.64. The number of carbonyl (C=O) groups excluding carboxylic acids is 1. The first-order valence-corrected chi connectivity index (χ1v) is 11.3. The fraction of sp³-hybridized carbons (Fsp3) is 0.0417. The molecule has 0 unspecified atom stereocenters. The van der Waals surface area contributed by atoms with Crippen molar-refractivity contribution in [2.75, 3.05) is 12.8 Å². The number of nitrogens with two attached hydrogens (primary N) is 1. The molecule has 0 amide bonds. The van der Waals surface area contributed by atoms with Crippen LogP contribution in [0.5, 0.6) is 11.5 Å². The zero-order chi connectivity index (χ0) is 27.1. The second-order valence-electron chi connectivity index (χ2n) is 7.07. The van der Waals surface area contributed by atoms with Crippen molar-refractivity contribution in [3.05, 3.63) is 114 Å². The van der Waals surface area contributed by atoms with Gasteiger partial charge in [0.1, 0.15) is 22.1 Å². The average Bonchev–Trinajstić information content (AvgIpc) is 2.89. The number of rotatable bonds is 5. The summed E-state index contributed by atoms with van der Waals surface area (Å²) in [5.74, 6) is -0.328. The number of nitro benzene ring substituents is 1. The van der Waals surface area contributed by atoms with Crippen molar-refractivity contribution >= 4 is 52.1 Å². The average molecular weight is 564 g/mol. The van der Waals surface area contributed by atoms with Gasteiger partial charge >= 0.3 is 5.97 Å². The lowest BCUT2D eigenvalue weighted by Crippen LogP contribution is -2.22. The molecule has 190 valence electrons. The summed E-state index contributed by atoms with van der Waals surface area (Å²) in [5.41, 5.74) is 5.30. The first-order chi connectivity index (χ1) is 17.6. The van der Waals surface area contributed by atoms with Gasteiger partial charge in [0.15, 0.2) is 0 Å². The molecule has 1 aromatic heterocycles. The van der Waals surface area contributed by atoms with Crippen LogP contribution in [0.15, 0.2) is 77.7 Å². The number of nitrogen functional groups attached to an aromatic ring is 1. The Morgan fingerprint density at radius 2 is 1.76 bits per heavy atom. The van der Waals surface area contributed by atoms with Crippen LogP contribution in [0.1, 0.15) is 10.4 Å². The van der Waals surface area contributed by atoms with Crippen LogP contribution in [0.2, 0.25) is 15.1 Å². The van der Waals surface area contributed by atoms with E-state index in [4.69, 9.17) is 45.3 Å². The number of nitro groups is 1. The van der Waals surface area contributed by atoms with Crippen LogP contribution in [0.25, 0.3) is 5.69 Å². The molecule has 0 saturated carbocycles. The first kappa shape index (κ1) is 27.5. The molecule has 1 heterocycles. The van der Waals surface area contributed by atoms with Gasteiger partial charge in [-0.3, -0.25) is 14.9 Å². The lowest BCUT2D eigenvalue weighted by atomic mass is 10.1. The summed E-state index contributed by atoms with van der Waals surface area (Å²) in [6, 6.07) is 17.4. The lowest BCUT2D eigenvalue weighted by molar-refractivity contribution is -0.385. The van der Waals surface area contributed by atoms with Crippen molar-refractivity contribution < 1.29 is 19.2 Å². The molecule has 13 heteroatoms. The monoisotopic (exact) mass is 562 g/mol. The molecule has 4 aromatic rings. The van der Waals surface area contributed by atoms with E-state index in [1.165, 1.54) is 29.1 Å². The minimum Gasteiger partial charge on any atom is -0.465 e. The molecule has 37 heavy (non-hydrogen) atoms. The van der Waals surface area contributed by atoms with Crippen molar-refractivity contribution in [3.63, 3.8) is 0 Å². The van der Waals surface area contributed by atoms with E-state index in [9.17, 15) is 19.7 Å². The number of para-hydroxylation sites is 1. The molecular weight excluding hydrogens is 547 g/mol. The van der Waals surface area contributed by atoms with Crippen molar-refractivity contribution in [3.8, 4) is 17.2 Å². The number of esters is 1. The number of halogens is 3. The summed E-state index contributed by atoms with van der Waals surface area (Å²) >= 11 is 17.5. The van der Waals surface area contributed by atoms with E-state index in [0.717, 1.165) is 13.2 Å². The predicted octanol–water partition coefficient (Wildman–Crippen LogP) is 5.95. The number of benzene rings is 3. The summed E-state index contributed by atoms with van der Waals surface area (Å²) in [5, 5.41) is 15.5. The number of anilines is 1. The molecule has 0 saturated heterocycles. The van der Waals surface area contributed by atoms with Gasteiger partial charge in [-0.2, -0.15) is 9.78 Å². The molecule has 0 atom stereocenters. The Balaban J connectivity index is 0.000000220. The lowest BCUT2D eigenvalue weighted by Gasteiger charge is -2.09. The largest absolute Gasteiger partial charge is 0.465 e. The van der Waals surface area contributed by atoms with Crippen molar-refractivity contribution in [2.45, 2.75) is 0 Å². The van der Waals surface area contributed by atoms with E-state index < -0.39 is 16.5 Å². The molecule has 0 aliphatic heterocycles. The highest BCUT2D eigenvalue weighted by molar-refractivity contribution is 6.35. The molecule has 0 spiro atoms. The molecule has 0 radical (unpaired) electrons. The van der Waals surface area contributed by atoms with E-state index in [1.807, 2.05) is 18.2 Å². The van der Waals surface area contributed by atoms with Crippen LogP contribution < -0.4 is 16.0 Å². The molecule has 4 rings (SSSR count). The zero-order valence-electron chi connectivity index (χ0n) is 18.9. The Labute approximate surface area is 224 Å². The van der Waals surface area contributed by atoms with Gasteiger partial charge in [-0.05, 0) is 36.4 Å². The van der Waals surface area contributed by atoms with Gasteiger partial charge in [-0.1, -0.05) is 53.0 Å². The molecule has 0 fully saturated rings. The van der Waals surface area contributed by atoms with E-state index in [1.54, 1.807) is 24.3 Å². The van der Waals surface area contributed by atoms with E-state index >= 15 is 0 Å². The smallest absolute Gasteiger partial charge is 0.345 e. The minimum absolute atomic E-state index is 0.00569. The minimum atomic E-state index is -0.834. The third kappa shape index (κ3) is 6.76. The molecule has 0 aliphatic rings. The fourth-order valence-electron chi connectivity index (χ4n) is 2.89. The van der Waals surface area contributed by atoms with Crippen molar-refractivity contribution in [1.82, 2.24) is 9.78 Å². The molecule has 3 aromatic carbocycles. The van der Waals surface area contributed by atoms with Gasteiger partial charge in [-0.15, -0.1) is 0 Å². The quantitative estimate of drug-likeness (QED) is 0.178. The molecule has 2 N–H and O–H groups in total. The summed E-state index contributed by atoms with van der Waals surface area (Å²) in [6.07, 6.45) is 1.36. The van der Waals surface area contributed by atoms with Crippen LogP contribution in [0.4, 0.5) is 11.4 Å². The van der Waals surface area contributed by atoms with Crippen LogP contribution in [0, 0.1) is 10.1 Å². The Hall–Kier alpha value is -4.12. The van der Waals surface area contributed by atoms with Gasteiger partial charge in [0.2, 0.25) is 0 Å². The van der Waals surface area contributed by atoms with Gasteiger partial charge in [-0.25, -0.2) is 4.79 Å². The maximum atomic E-state index is 11.7. The maximum absolute atomic E-state index is 11.7. The van der Waals surface area contributed by atoms with Gasteiger partial charge < -0.3 is 15.2 Å². The number of ether oxygens (including phenoxy) is 2. The van der Waals surface area contributed by atoms with Crippen LogP contribution in [-0.4, -0.2) is 27.8 Å². The highest BCUT2D eigenvalue weighted by Gasteiger charge is 2.22. The van der Waals surface area contributed by atoms with Gasteiger partial charge in [0.25, 0.3) is 11.2 Å². The number of carbonyl (C=O) groups is 1.